The Balaban J connectivity index is 1.96. The Labute approximate surface area is 163 Å². The van der Waals surface area contributed by atoms with Crippen LogP contribution in [0.2, 0.25) is 0 Å². The van der Waals surface area contributed by atoms with Gasteiger partial charge in [0, 0.05) is 35.5 Å². The third kappa shape index (κ3) is 3.16. The van der Waals surface area contributed by atoms with Gasteiger partial charge in [0.25, 0.3) is 5.92 Å². The van der Waals surface area contributed by atoms with Crippen LogP contribution in [0.25, 0.3) is 0 Å². The third-order valence-corrected chi connectivity index (χ3v) is 7.05. The maximum atomic E-state index is 14.6. The monoisotopic (exact) mass is 435 g/mol. The lowest BCUT2D eigenvalue weighted by molar-refractivity contribution is -0.123. The molecule has 1 aromatic carbocycles. The highest BCUT2D eigenvalue weighted by Crippen LogP contribution is 2.47. The molecule has 0 fully saturated rings. The van der Waals surface area contributed by atoms with Gasteiger partial charge in [-0.3, -0.25) is 0 Å². The highest BCUT2D eigenvalue weighted by Gasteiger charge is 2.48. The maximum Gasteiger partial charge on any atom is 0.278 e. The molecule has 0 radical (unpaired) electrons. The van der Waals surface area contributed by atoms with Crippen molar-refractivity contribution in [3.05, 3.63) is 52.3 Å². The van der Waals surface area contributed by atoms with Crippen LogP contribution in [-0.2, 0) is 22.7 Å². The highest BCUT2D eigenvalue weighted by molar-refractivity contribution is 7.91. The van der Waals surface area contributed by atoms with Gasteiger partial charge in [-0.1, -0.05) is 0 Å². The van der Waals surface area contributed by atoms with Crippen LogP contribution < -0.4 is 0 Å². The van der Waals surface area contributed by atoms with E-state index in [4.69, 9.17) is 0 Å². The summed E-state index contributed by atoms with van der Waals surface area (Å²) < 4.78 is 95.4. The van der Waals surface area contributed by atoms with Gasteiger partial charge < -0.3 is 9.67 Å². The van der Waals surface area contributed by atoms with Gasteiger partial charge in [0.15, 0.2) is 6.01 Å². The van der Waals surface area contributed by atoms with E-state index in [0.29, 0.717) is 24.8 Å². The highest BCUT2D eigenvalue weighted by atomic mass is 32.2. The lowest BCUT2D eigenvalue weighted by Crippen LogP contribution is -2.33. The molecule has 1 heterocycles. The summed E-state index contributed by atoms with van der Waals surface area (Å²) in [5.74, 6) is -5.13. The minimum atomic E-state index is -4.57. The molecule has 29 heavy (non-hydrogen) atoms. The van der Waals surface area contributed by atoms with E-state index in [9.17, 15) is 35.5 Å². The second-order valence-corrected chi connectivity index (χ2v) is 9.40. The average molecular weight is 435 g/mol. The van der Waals surface area contributed by atoms with E-state index in [1.807, 2.05) is 0 Å². The summed E-state index contributed by atoms with van der Waals surface area (Å²) in [5, 5.41) is 10.2. The molecule has 0 bridgehead atoms. The smallest absolute Gasteiger partial charge is 0.278 e. The van der Waals surface area contributed by atoms with Crippen LogP contribution in [0, 0.1) is 11.6 Å². The molecule has 0 amide bonds. The molecule has 10 heteroatoms. The number of alkyl halides is 3. The topological polar surface area (TPSA) is 59.3 Å². The van der Waals surface area contributed by atoms with Crippen molar-refractivity contribution in [1.29, 1.82) is 0 Å². The van der Waals surface area contributed by atoms with E-state index in [1.54, 1.807) is 0 Å². The predicted octanol–water partition coefficient (Wildman–Crippen LogP) is 4.01. The number of hydrogen-bond acceptors (Lipinski definition) is 3. The first-order valence-electron chi connectivity index (χ1n) is 9.13. The second kappa shape index (κ2) is 6.80. The zero-order valence-electron chi connectivity index (χ0n) is 15.1. The van der Waals surface area contributed by atoms with Crippen LogP contribution in [0.5, 0.6) is 0 Å². The average Bonchev–Trinajstić information content (AvgIpc) is 3.05. The quantitative estimate of drug-likeness (QED) is 0.742. The van der Waals surface area contributed by atoms with Crippen molar-refractivity contribution in [2.75, 3.05) is 6.01 Å². The molecule has 2 aliphatic rings. The van der Waals surface area contributed by atoms with E-state index in [-0.39, 0.29) is 17.7 Å². The first-order chi connectivity index (χ1) is 13.6. The predicted molar refractivity (Wildman–Crippen MR) is 93.3 cm³/mol. The number of aliphatic hydroxyl groups excluding tert-OH is 1. The number of hydrogen-bond donors (Lipinski definition) is 1. The standard InChI is InChI=1S/C19H18F5NO3S/c20-9-29(27,28)15-8-25(14-4-5-19(23,24)18(26)17(14)15)13-3-1-2-10-6-11(21)7-12(22)16(10)13/h6-8,13,18,26H,1-5,9H2. The normalized spacial score (nSPS) is 23.5. The zero-order valence-corrected chi connectivity index (χ0v) is 16.0. The van der Waals surface area contributed by atoms with Gasteiger partial charge >= 0.3 is 0 Å². The number of benzene rings is 1. The van der Waals surface area contributed by atoms with Crippen molar-refractivity contribution in [2.45, 2.75) is 55.1 Å². The molecule has 4 rings (SSSR count). The molecule has 0 spiro atoms. The lowest BCUT2D eigenvalue weighted by Gasteiger charge is -2.33. The summed E-state index contributed by atoms with van der Waals surface area (Å²) in [4.78, 5) is -0.712. The number of nitrogens with zero attached hydrogens (tertiary/aromatic N) is 1. The van der Waals surface area contributed by atoms with Gasteiger partial charge in [0.05, 0.1) is 10.9 Å². The fourth-order valence-electron chi connectivity index (χ4n) is 4.46. The number of halogens is 5. The van der Waals surface area contributed by atoms with Crippen LogP contribution in [-0.4, -0.2) is 30.0 Å². The van der Waals surface area contributed by atoms with E-state index in [1.165, 1.54) is 10.6 Å². The van der Waals surface area contributed by atoms with Crippen molar-refractivity contribution in [3.63, 3.8) is 0 Å². The number of aliphatic hydroxyl groups is 1. The third-order valence-electron chi connectivity index (χ3n) is 5.76. The van der Waals surface area contributed by atoms with Crippen LogP contribution in [0.15, 0.2) is 23.2 Å². The van der Waals surface area contributed by atoms with E-state index >= 15 is 0 Å². The minimum absolute atomic E-state index is 0.108. The van der Waals surface area contributed by atoms with Gasteiger partial charge in [0.1, 0.15) is 17.7 Å². The Hall–Kier alpha value is -1.94. The minimum Gasteiger partial charge on any atom is -0.382 e. The molecule has 2 aliphatic carbocycles. The number of rotatable bonds is 3. The Morgan fingerprint density at radius 1 is 1.17 bits per heavy atom. The molecule has 1 aromatic heterocycles. The SMILES string of the molecule is O=S(=O)(CF)c1cn(C2CCCc3cc(F)cc(F)c32)c2c1C(O)C(F)(F)CC2. The maximum absolute atomic E-state index is 14.6. The summed E-state index contributed by atoms with van der Waals surface area (Å²) in [5.41, 5.74) is 0.148. The number of aryl methyl sites for hydroxylation is 1. The summed E-state index contributed by atoms with van der Waals surface area (Å²) in [6.07, 6.45) is -1.09. The molecular formula is C19H18F5NO3S. The fourth-order valence-corrected chi connectivity index (χ4v) is 5.41. The largest absolute Gasteiger partial charge is 0.382 e. The van der Waals surface area contributed by atoms with E-state index in [2.05, 4.69) is 0 Å². The molecule has 0 saturated carbocycles. The van der Waals surface area contributed by atoms with Crippen LogP contribution >= 0.6 is 0 Å². The number of fused-ring (bicyclic) bond motifs is 2. The molecule has 2 unspecified atom stereocenters. The first kappa shape index (κ1) is 20.3. The van der Waals surface area contributed by atoms with Gasteiger partial charge in [-0.15, -0.1) is 0 Å². The van der Waals surface area contributed by atoms with Crippen molar-refractivity contribution < 1.29 is 35.5 Å². The van der Waals surface area contributed by atoms with E-state index < -0.39 is 62.4 Å². The lowest BCUT2D eigenvalue weighted by atomic mass is 9.86. The molecule has 0 aliphatic heterocycles. The molecule has 158 valence electrons. The molecule has 1 N–H and O–H groups in total. The van der Waals surface area contributed by atoms with Gasteiger partial charge in [-0.25, -0.2) is 30.4 Å². The Morgan fingerprint density at radius 3 is 2.59 bits per heavy atom. The summed E-state index contributed by atoms with van der Waals surface area (Å²) >= 11 is 0. The summed E-state index contributed by atoms with van der Waals surface area (Å²) in [6.45, 7) is 0. The summed E-state index contributed by atoms with van der Waals surface area (Å²) in [6, 6.07) is -0.670. The van der Waals surface area contributed by atoms with Crippen molar-refractivity contribution in [2.24, 2.45) is 0 Å². The second-order valence-electron chi connectivity index (χ2n) is 7.52. The fraction of sp³-hybridized carbons (Fsp3) is 0.474. The Morgan fingerprint density at radius 2 is 1.90 bits per heavy atom. The molecule has 2 atom stereocenters. The molecular weight excluding hydrogens is 417 g/mol. The number of sulfone groups is 1. The van der Waals surface area contributed by atoms with Gasteiger partial charge in [0.2, 0.25) is 9.84 Å². The molecule has 2 aromatic rings. The Bertz CT molecular complexity index is 1080. The van der Waals surface area contributed by atoms with Gasteiger partial charge in [-0.05, 0) is 37.3 Å². The molecule has 0 saturated heterocycles. The van der Waals surface area contributed by atoms with E-state index in [0.717, 1.165) is 12.3 Å². The van der Waals surface area contributed by atoms with Crippen molar-refractivity contribution >= 4 is 9.84 Å². The van der Waals surface area contributed by atoms with Crippen LogP contribution in [0.3, 0.4) is 0 Å². The van der Waals surface area contributed by atoms with Crippen molar-refractivity contribution in [1.82, 2.24) is 4.57 Å². The Kier molecular flexibility index (Phi) is 4.77. The first-order valence-corrected chi connectivity index (χ1v) is 10.8. The zero-order chi connectivity index (χ0) is 21.1. The van der Waals surface area contributed by atoms with Gasteiger partial charge in [-0.2, -0.15) is 0 Å². The van der Waals surface area contributed by atoms with Crippen LogP contribution in [0.1, 0.15) is 53.8 Å². The number of aromatic nitrogens is 1. The summed E-state index contributed by atoms with van der Waals surface area (Å²) in [7, 11) is -4.57. The molecule has 4 nitrogen and oxygen atoms in total. The van der Waals surface area contributed by atoms with Crippen LogP contribution in [0.4, 0.5) is 22.0 Å². The van der Waals surface area contributed by atoms with Crippen molar-refractivity contribution in [3.8, 4) is 0 Å².